The van der Waals surface area contributed by atoms with E-state index < -0.39 is 39.9 Å². The maximum atomic E-state index is 13.4. The predicted octanol–water partition coefficient (Wildman–Crippen LogP) is 3.68. The van der Waals surface area contributed by atoms with Crippen LogP contribution >= 0.6 is 11.6 Å². The molecule has 0 radical (unpaired) electrons. The molecular weight excluding hydrogens is 431 g/mol. The number of halogens is 4. The van der Waals surface area contributed by atoms with Gasteiger partial charge in [0.25, 0.3) is 0 Å². The molecule has 0 aromatic heterocycles. The van der Waals surface area contributed by atoms with Crippen LogP contribution in [0.1, 0.15) is 5.56 Å². The molecule has 2 rings (SSSR count). The molecule has 1 amide bonds. The molecule has 29 heavy (non-hydrogen) atoms. The molecule has 2 aromatic carbocycles. The molecule has 0 saturated heterocycles. The van der Waals surface area contributed by atoms with E-state index in [0.717, 1.165) is 23.5 Å². The number of hydrogen-bond acceptors (Lipinski definition) is 4. The first kappa shape index (κ1) is 23.0. The SMILES string of the molecule is CN(C)c1ccc(NC(=O)CN(C)S(=O)(=O)c2ccc(Cl)cc2)c(C(F)(F)F)c1. The summed E-state index contributed by atoms with van der Waals surface area (Å²) < 4.78 is 65.8. The molecule has 0 atom stereocenters. The Morgan fingerprint density at radius 3 is 2.17 bits per heavy atom. The Hall–Kier alpha value is -2.30. The summed E-state index contributed by atoms with van der Waals surface area (Å²) in [5.41, 5.74) is -1.18. The van der Waals surface area contributed by atoms with Gasteiger partial charge in [-0.05, 0) is 42.5 Å². The molecule has 0 bridgehead atoms. The van der Waals surface area contributed by atoms with Gasteiger partial charge in [0, 0.05) is 31.9 Å². The fraction of sp³-hybridized carbons (Fsp3) is 0.278. The van der Waals surface area contributed by atoms with Crippen molar-refractivity contribution in [3.8, 4) is 0 Å². The van der Waals surface area contributed by atoms with Gasteiger partial charge in [-0.2, -0.15) is 17.5 Å². The summed E-state index contributed by atoms with van der Waals surface area (Å²) in [6.07, 6.45) is -4.70. The van der Waals surface area contributed by atoms with Crippen LogP contribution in [0.25, 0.3) is 0 Å². The van der Waals surface area contributed by atoms with E-state index >= 15 is 0 Å². The topological polar surface area (TPSA) is 69.7 Å². The van der Waals surface area contributed by atoms with Gasteiger partial charge in [-0.1, -0.05) is 11.6 Å². The van der Waals surface area contributed by atoms with Gasteiger partial charge in [0.05, 0.1) is 22.7 Å². The lowest BCUT2D eigenvalue weighted by molar-refractivity contribution is -0.136. The molecule has 11 heteroatoms. The second-order valence-corrected chi connectivity index (χ2v) is 8.87. The van der Waals surface area contributed by atoms with E-state index in [2.05, 4.69) is 5.32 Å². The van der Waals surface area contributed by atoms with Crippen LogP contribution in [-0.2, 0) is 21.0 Å². The first-order valence-electron chi connectivity index (χ1n) is 8.22. The number of nitrogens with one attached hydrogen (secondary N) is 1. The zero-order valence-electron chi connectivity index (χ0n) is 15.8. The summed E-state index contributed by atoms with van der Waals surface area (Å²) in [5.74, 6) is -0.909. The summed E-state index contributed by atoms with van der Waals surface area (Å²) in [4.78, 5) is 13.6. The van der Waals surface area contributed by atoms with Gasteiger partial charge in [0.15, 0.2) is 0 Å². The minimum absolute atomic E-state index is 0.0940. The number of benzene rings is 2. The maximum Gasteiger partial charge on any atom is 0.418 e. The molecule has 0 saturated carbocycles. The molecule has 0 aliphatic rings. The van der Waals surface area contributed by atoms with E-state index in [1.54, 1.807) is 14.1 Å². The van der Waals surface area contributed by atoms with Gasteiger partial charge >= 0.3 is 6.18 Å². The number of carbonyl (C=O) groups excluding carboxylic acids is 1. The Bertz CT molecular complexity index is 994. The van der Waals surface area contributed by atoms with Crippen molar-refractivity contribution in [1.29, 1.82) is 0 Å². The first-order valence-corrected chi connectivity index (χ1v) is 10.0. The normalized spacial score (nSPS) is 12.1. The lowest BCUT2D eigenvalue weighted by Crippen LogP contribution is -2.35. The molecule has 0 spiro atoms. The lowest BCUT2D eigenvalue weighted by atomic mass is 10.1. The number of rotatable bonds is 6. The van der Waals surface area contributed by atoms with E-state index in [4.69, 9.17) is 11.6 Å². The van der Waals surface area contributed by atoms with Crippen LogP contribution in [-0.4, -0.2) is 46.3 Å². The fourth-order valence-electron chi connectivity index (χ4n) is 2.42. The molecular formula is C18H19ClF3N3O3S. The van der Waals surface area contributed by atoms with Crippen molar-refractivity contribution in [3.05, 3.63) is 53.1 Å². The van der Waals surface area contributed by atoms with Crippen LogP contribution in [0.2, 0.25) is 5.02 Å². The molecule has 6 nitrogen and oxygen atoms in total. The quantitative estimate of drug-likeness (QED) is 0.730. The number of amides is 1. The highest BCUT2D eigenvalue weighted by Crippen LogP contribution is 2.37. The van der Waals surface area contributed by atoms with Crippen molar-refractivity contribution in [3.63, 3.8) is 0 Å². The Balaban J connectivity index is 2.21. The van der Waals surface area contributed by atoms with Crippen molar-refractivity contribution in [2.45, 2.75) is 11.1 Å². The smallest absolute Gasteiger partial charge is 0.378 e. The molecule has 158 valence electrons. The number of alkyl halides is 3. The summed E-state index contributed by atoms with van der Waals surface area (Å²) in [6.45, 7) is -0.669. The van der Waals surface area contributed by atoms with Crippen LogP contribution in [0.15, 0.2) is 47.4 Å². The second kappa shape index (κ2) is 8.60. The van der Waals surface area contributed by atoms with Crippen molar-refractivity contribution in [1.82, 2.24) is 4.31 Å². The Morgan fingerprint density at radius 2 is 1.66 bits per heavy atom. The third-order valence-electron chi connectivity index (χ3n) is 3.99. The van der Waals surface area contributed by atoms with Crippen LogP contribution < -0.4 is 10.2 Å². The van der Waals surface area contributed by atoms with E-state index in [9.17, 15) is 26.4 Å². The third kappa shape index (κ3) is 5.62. The predicted molar refractivity (Wildman–Crippen MR) is 106 cm³/mol. The fourth-order valence-corrected chi connectivity index (χ4v) is 3.67. The molecule has 0 heterocycles. The lowest BCUT2D eigenvalue weighted by Gasteiger charge is -2.20. The average molecular weight is 450 g/mol. The zero-order valence-corrected chi connectivity index (χ0v) is 17.4. The van der Waals surface area contributed by atoms with Crippen molar-refractivity contribution >= 4 is 38.9 Å². The second-order valence-electron chi connectivity index (χ2n) is 6.39. The van der Waals surface area contributed by atoms with Gasteiger partial charge < -0.3 is 10.2 Å². The van der Waals surface area contributed by atoms with Crippen LogP contribution in [0.3, 0.4) is 0 Å². The van der Waals surface area contributed by atoms with E-state index in [1.165, 1.54) is 35.2 Å². The van der Waals surface area contributed by atoms with Gasteiger partial charge in [-0.25, -0.2) is 8.42 Å². The first-order chi connectivity index (χ1) is 13.3. The summed E-state index contributed by atoms with van der Waals surface area (Å²) in [5, 5.41) is 2.48. The molecule has 0 aliphatic carbocycles. The maximum absolute atomic E-state index is 13.4. The van der Waals surface area contributed by atoms with Crippen molar-refractivity contribution in [2.75, 3.05) is 37.9 Å². The van der Waals surface area contributed by atoms with Crippen LogP contribution in [0, 0.1) is 0 Å². The number of hydrogen-bond donors (Lipinski definition) is 1. The Kier molecular flexibility index (Phi) is 6.82. The highest BCUT2D eigenvalue weighted by molar-refractivity contribution is 7.89. The van der Waals surface area contributed by atoms with Gasteiger partial charge in [0.2, 0.25) is 15.9 Å². The molecule has 1 N–H and O–H groups in total. The van der Waals surface area contributed by atoms with Gasteiger partial charge in [0.1, 0.15) is 0 Å². The van der Waals surface area contributed by atoms with Crippen LogP contribution in [0.5, 0.6) is 0 Å². The summed E-state index contributed by atoms with van der Waals surface area (Å²) in [6, 6.07) is 8.75. The van der Waals surface area contributed by atoms with E-state index in [1.807, 2.05) is 0 Å². The minimum atomic E-state index is -4.70. The van der Waals surface area contributed by atoms with Gasteiger partial charge in [-0.15, -0.1) is 0 Å². The number of likely N-dealkylation sites (N-methyl/N-ethyl adjacent to an activating group) is 1. The van der Waals surface area contributed by atoms with E-state index in [-0.39, 0.29) is 4.90 Å². The molecule has 2 aromatic rings. The molecule has 0 fully saturated rings. The van der Waals surface area contributed by atoms with Crippen molar-refractivity contribution in [2.24, 2.45) is 0 Å². The standard InChI is InChI=1S/C18H19ClF3N3O3S/c1-24(2)13-6-9-16(15(10-13)18(20,21)22)23-17(26)11-25(3)29(27,28)14-7-4-12(19)5-8-14/h4-10H,11H2,1-3H3,(H,23,26). The van der Waals surface area contributed by atoms with Gasteiger partial charge in [-0.3, -0.25) is 4.79 Å². The van der Waals surface area contributed by atoms with Crippen LogP contribution in [0.4, 0.5) is 24.5 Å². The summed E-state index contributed by atoms with van der Waals surface area (Å²) in [7, 11) is 0.317. The monoisotopic (exact) mass is 449 g/mol. The largest absolute Gasteiger partial charge is 0.418 e. The average Bonchev–Trinajstić information content (AvgIpc) is 2.61. The minimum Gasteiger partial charge on any atom is -0.378 e. The highest BCUT2D eigenvalue weighted by Gasteiger charge is 2.34. The molecule has 0 aliphatic heterocycles. The molecule has 0 unspecified atom stereocenters. The van der Waals surface area contributed by atoms with E-state index in [0.29, 0.717) is 10.7 Å². The number of sulfonamides is 1. The Labute approximate surface area is 171 Å². The Morgan fingerprint density at radius 1 is 1.07 bits per heavy atom. The third-order valence-corrected chi connectivity index (χ3v) is 6.06. The highest BCUT2D eigenvalue weighted by atomic mass is 35.5. The number of nitrogens with zero attached hydrogens (tertiary/aromatic N) is 2. The zero-order chi connectivity index (χ0) is 22.0. The van der Waals surface area contributed by atoms with Crippen molar-refractivity contribution < 1.29 is 26.4 Å². The summed E-state index contributed by atoms with van der Waals surface area (Å²) >= 11 is 5.73. The number of carbonyl (C=O) groups is 1. The number of anilines is 2.